The van der Waals surface area contributed by atoms with Gasteiger partial charge in [-0.2, -0.15) is 0 Å². The van der Waals surface area contributed by atoms with Gasteiger partial charge in [-0.1, -0.05) is 18.2 Å². The van der Waals surface area contributed by atoms with Gasteiger partial charge in [-0.3, -0.25) is 0 Å². The Morgan fingerprint density at radius 1 is 1.00 bits per heavy atom. The lowest BCUT2D eigenvalue weighted by molar-refractivity contribution is 0.353. The summed E-state index contributed by atoms with van der Waals surface area (Å²) in [6.07, 6.45) is 4.14. The van der Waals surface area contributed by atoms with E-state index in [1.165, 1.54) is 16.5 Å². The number of para-hydroxylation sites is 1. The molecular weight excluding hydrogens is 324 g/mol. The molecule has 0 aliphatic heterocycles. The number of benzene rings is 2. The molecule has 4 nitrogen and oxygen atoms in total. The van der Waals surface area contributed by atoms with E-state index >= 15 is 0 Å². The Balaban J connectivity index is 1.64. The average Bonchev–Trinajstić information content (AvgIpc) is 3.07. The zero-order valence-electron chi connectivity index (χ0n) is 16.1. The average molecular weight is 352 g/mol. The molecule has 3 aromatic rings. The third-order valence-corrected chi connectivity index (χ3v) is 4.94. The molecule has 2 N–H and O–H groups in total. The lowest BCUT2D eigenvalue weighted by Gasteiger charge is -2.27. The van der Waals surface area contributed by atoms with Crippen molar-refractivity contribution < 1.29 is 9.47 Å². The Morgan fingerprint density at radius 3 is 2.58 bits per heavy atom. The van der Waals surface area contributed by atoms with E-state index in [4.69, 9.17) is 9.47 Å². The molecule has 0 bridgehead atoms. The van der Waals surface area contributed by atoms with Gasteiger partial charge in [0.25, 0.3) is 0 Å². The van der Waals surface area contributed by atoms with Crippen molar-refractivity contribution in [3.05, 3.63) is 59.8 Å². The molecular formula is C22H28N2O2. The van der Waals surface area contributed by atoms with Crippen molar-refractivity contribution >= 4 is 10.9 Å². The number of hydrogen-bond donors (Lipinski definition) is 2. The van der Waals surface area contributed by atoms with Gasteiger partial charge in [-0.15, -0.1) is 0 Å². The number of H-pyrrole nitrogens is 1. The van der Waals surface area contributed by atoms with Crippen LogP contribution in [0.1, 0.15) is 31.4 Å². The molecule has 0 aliphatic carbocycles. The fourth-order valence-corrected chi connectivity index (χ4v) is 3.21. The summed E-state index contributed by atoms with van der Waals surface area (Å²) in [5, 5.41) is 4.91. The molecule has 0 fully saturated rings. The number of rotatable bonds is 8. The highest BCUT2D eigenvalue weighted by atomic mass is 16.5. The van der Waals surface area contributed by atoms with Gasteiger partial charge >= 0.3 is 0 Å². The Kier molecular flexibility index (Phi) is 5.52. The number of ether oxygens (including phenoxy) is 2. The van der Waals surface area contributed by atoms with Gasteiger partial charge in [0.1, 0.15) is 11.5 Å². The van der Waals surface area contributed by atoms with Crippen molar-refractivity contribution in [2.24, 2.45) is 0 Å². The first kappa shape index (κ1) is 18.3. The van der Waals surface area contributed by atoms with Crippen molar-refractivity contribution in [3.63, 3.8) is 0 Å². The Bertz CT molecular complexity index is 867. The Hall–Kier alpha value is -2.46. The van der Waals surface area contributed by atoms with E-state index in [2.05, 4.69) is 48.5 Å². The molecule has 0 saturated carbocycles. The van der Waals surface area contributed by atoms with E-state index < -0.39 is 0 Å². The van der Waals surface area contributed by atoms with Crippen molar-refractivity contribution in [1.29, 1.82) is 0 Å². The summed E-state index contributed by atoms with van der Waals surface area (Å²) in [5.74, 6) is 1.83. The van der Waals surface area contributed by atoms with Crippen molar-refractivity contribution in [2.45, 2.75) is 38.8 Å². The maximum absolute atomic E-state index is 5.44. The van der Waals surface area contributed by atoms with Crippen molar-refractivity contribution in [3.8, 4) is 11.5 Å². The number of fused-ring (bicyclic) bond motifs is 1. The van der Waals surface area contributed by atoms with E-state index in [9.17, 15) is 0 Å². The monoisotopic (exact) mass is 352 g/mol. The standard InChI is InChI=1S/C22H28N2O2/c1-22(2,24-15-17-7-5-6-8-21(17)26-4)12-11-16-14-23-20-10-9-18(25-3)13-19(16)20/h5-10,13-14,23-24H,11-12,15H2,1-4H3. The second kappa shape index (κ2) is 7.83. The van der Waals surface area contributed by atoms with Crippen LogP contribution in [-0.2, 0) is 13.0 Å². The third kappa shape index (κ3) is 4.20. The van der Waals surface area contributed by atoms with Gasteiger partial charge < -0.3 is 19.8 Å². The maximum Gasteiger partial charge on any atom is 0.123 e. The molecule has 0 amide bonds. The summed E-state index contributed by atoms with van der Waals surface area (Å²) in [7, 11) is 3.42. The third-order valence-electron chi connectivity index (χ3n) is 4.94. The predicted octanol–water partition coefficient (Wildman–Crippen LogP) is 4.69. The largest absolute Gasteiger partial charge is 0.497 e. The van der Waals surface area contributed by atoms with E-state index in [1.54, 1.807) is 14.2 Å². The Morgan fingerprint density at radius 2 is 1.81 bits per heavy atom. The van der Waals surface area contributed by atoms with Crippen LogP contribution in [0.2, 0.25) is 0 Å². The first-order chi connectivity index (χ1) is 12.5. The Labute approximate surface area is 155 Å². The molecule has 0 radical (unpaired) electrons. The highest BCUT2D eigenvalue weighted by Gasteiger charge is 2.18. The lowest BCUT2D eigenvalue weighted by Crippen LogP contribution is -2.39. The van der Waals surface area contributed by atoms with Gasteiger partial charge in [0.05, 0.1) is 14.2 Å². The highest BCUT2D eigenvalue weighted by Crippen LogP contribution is 2.26. The molecule has 1 heterocycles. The number of methoxy groups -OCH3 is 2. The van der Waals surface area contributed by atoms with Crippen LogP contribution in [0.25, 0.3) is 10.9 Å². The summed E-state index contributed by atoms with van der Waals surface area (Å²) in [4.78, 5) is 3.36. The molecule has 2 aromatic carbocycles. The molecule has 1 aromatic heterocycles. The zero-order valence-corrected chi connectivity index (χ0v) is 16.1. The van der Waals surface area contributed by atoms with Crippen LogP contribution in [0.5, 0.6) is 11.5 Å². The van der Waals surface area contributed by atoms with Crippen molar-refractivity contribution in [1.82, 2.24) is 10.3 Å². The summed E-state index contributed by atoms with van der Waals surface area (Å²) in [5.41, 5.74) is 3.68. The maximum atomic E-state index is 5.44. The minimum absolute atomic E-state index is 0.0172. The summed E-state index contributed by atoms with van der Waals surface area (Å²) >= 11 is 0. The van der Waals surface area contributed by atoms with E-state index in [0.717, 1.165) is 36.4 Å². The molecule has 0 saturated heterocycles. The number of hydrogen-bond acceptors (Lipinski definition) is 3. The van der Waals surface area contributed by atoms with E-state index in [0.29, 0.717) is 0 Å². The minimum atomic E-state index is 0.0172. The molecule has 0 atom stereocenters. The molecule has 0 unspecified atom stereocenters. The SMILES string of the molecule is COc1ccc2[nH]cc(CCC(C)(C)NCc3ccccc3OC)c2c1. The van der Waals surface area contributed by atoms with Gasteiger partial charge in [-0.25, -0.2) is 0 Å². The molecule has 0 spiro atoms. The second-order valence-corrected chi connectivity index (χ2v) is 7.27. The van der Waals surface area contributed by atoms with Gasteiger partial charge in [0.2, 0.25) is 0 Å². The second-order valence-electron chi connectivity index (χ2n) is 7.27. The fraction of sp³-hybridized carbons (Fsp3) is 0.364. The van der Waals surface area contributed by atoms with Crippen LogP contribution in [0.15, 0.2) is 48.7 Å². The van der Waals surface area contributed by atoms with Gasteiger partial charge in [0.15, 0.2) is 0 Å². The zero-order chi connectivity index (χ0) is 18.6. The highest BCUT2D eigenvalue weighted by molar-refractivity contribution is 5.84. The van der Waals surface area contributed by atoms with Crippen LogP contribution in [-0.4, -0.2) is 24.7 Å². The molecule has 138 valence electrons. The van der Waals surface area contributed by atoms with Crippen LogP contribution in [0.3, 0.4) is 0 Å². The molecule has 4 heteroatoms. The van der Waals surface area contributed by atoms with E-state index in [-0.39, 0.29) is 5.54 Å². The first-order valence-electron chi connectivity index (χ1n) is 9.03. The van der Waals surface area contributed by atoms with E-state index in [1.807, 2.05) is 24.3 Å². The fourth-order valence-electron chi connectivity index (χ4n) is 3.21. The quantitative estimate of drug-likeness (QED) is 0.618. The van der Waals surface area contributed by atoms with Crippen LogP contribution in [0, 0.1) is 0 Å². The number of aromatic amines is 1. The van der Waals surface area contributed by atoms with Crippen molar-refractivity contribution in [2.75, 3.05) is 14.2 Å². The minimum Gasteiger partial charge on any atom is -0.497 e. The topological polar surface area (TPSA) is 46.3 Å². The number of aryl methyl sites for hydroxylation is 1. The summed E-state index contributed by atoms with van der Waals surface area (Å²) < 4.78 is 10.8. The smallest absolute Gasteiger partial charge is 0.123 e. The summed E-state index contributed by atoms with van der Waals surface area (Å²) in [6, 6.07) is 14.3. The number of aromatic nitrogens is 1. The lowest BCUT2D eigenvalue weighted by atomic mass is 9.94. The molecule has 26 heavy (non-hydrogen) atoms. The first-order valence-corrected chi connectivity index (χ1v) is 9.03. The van der Waals surface area contributed by atoms with Gasteiger partial charge in [0, 0.05) is 34.7 Å². The van der Waals surface area contributed by atoms with Gasteiger partial charge in [-0.05, 0) is 56.5 Å². The number of nitrogens with one attached hydrogen (secondary N) is 2. The molecule has 0 aliphatic rings. The predicted molar refractivity (Wildman–Crippen MR) is 107 cm³/mol. The van der Waals surface area contributed by atoms with Crippen LogP contribution < -0.4 is 14.8 Å². The summed E-state index contributed by atoms with van der Waals surface area (Å²) in [6.45, 7) is 5.29. The van der Waals surface area contributed by atoms with Crippen LogP contribution >= 0.6 is 0 Å². The molecule has 3 rings (SSSR count). The van der Waals surface area contributed by atoms with Crippen LogP contribution in [0.4, 0.5) is 0 Å². The normalized spacial score (nSPS) is 11.7.